The van der Waals surface area contributed by atoms with E-state index in [2.05, 4.69) is 0 Å². The zero-order valence-electron chi connectivity index (χ0n) is 19.9. The fourth-order valence-electron chi connectivity index (χ4n) is 4.14. The van der Waals surface area contributed by atoms with E-state index in [0.29, 0.717) is 54.7 Å². The highest BCUT2D eigenvalue weighted by molar-refractivity contribution is 6.46. The number of hydrogen-bond donors (Lipinski definition) is 1. The molecule has 0 aromatic heterocycles. The van der Waals surface area contributed by atoms with Crippen molar-refractivity contribution in [2.75, 3.05) is 40.4 Å². The molecule has 34 heavy (non-hydrogen) atoms. The normalized spacial score (nSPS) is 19.2. The number of carbonyl (C=O) groups is 2. The van der Waals surface area contributed by atoms with Gasteiger partial charge in [-0.15, -0.1) is 0 Å². The van der Waals surface area contributed by atoms with Gasteiger partial charge in [0.15, 0.2) is 11.5 Å². The van der Waals surface area contributed by atoms with Crippen LogP contribution in [0, 0.1) is 0 Å². The van der Waals surface area contributed by atoms with E-state index >= 15 is 0 Å². The molecule has 1 atom stereocenters. The molecule has 2 aromatic rings. The predicted molar refractivity (Wildman–Crippen MR) is 127 cm³/mol. The Kier molecular flexibility index (Phi) is 6.79. The number of rotatable bonds is 7. The van der Waals surface area contributed by atoms with Crippen LogP contribution in [0.2, 0.25) is 0 Å². The van der Waals surface area contributed by atoms with Gasteiger partial charge >= 0.3 is 0 Å². The van der Waals surface area contributed by atoms with Crippen LogP contribution in [0.3, 0.4) is 0 Å². The number of carbonyl (C=O) groups excluding carboxylic acids is 2. The highest BCUT2D eigenvalue weighted by Gasteiger charge is 2.46. The summed E-state index contributed by atoms with van der Waals surface area (Å²) >= 11 is 0. The lowest BCUT2D eigenvalue weighted by atomic mass is 9.95. The van der Waals surface area contributed by atoms with Gasteiger partial charge in [-0.3, -0.25) is 9.59 Å². The first-order chi connectivity index (χ1) is 16.3. The quantitative estimate of drug-likeness (QED) is 0.381. The molecule has 2 aliphatic rings. The average Bonchev–Trinajstić information content (AvgIpc) is 3.06. The zero-order chi connectivity index (χ0) is 24.4. The largest absolute Gasteiger partial charge is 0.507 e. The Hall–Kier alpha value is -3.52. The predicted octanol–water partition coefficient (Wildman–Crippen LogP) is 3.23. The SMILES string of the molecule is CC(C)Oc1cccc(C2/C(=C(/O)c3ccc4c(c3)OCCO4)C(=O)C(=O)N2CCN(C)C)c1. The second-order valence-electron chi connectivity index (χ2n) is 8.89. The van der Waals surface area contributed by atoms with E-state index in [-0.39, 0.29) is 17.4 Å². The van der Waals surface area contributed by atoms with E-state index in [1.54, 1.807) is 18.2 Å². The first kappa shape index (κ1) is 23.6. The second-order valence-corrected chi connectivity index (χ2v) is 8.89. The van der Waals surface area contributed by atoms with E-state index in [9.17, 15) is 14.7 Å². The molecule has 4 rings (SSSR count). The van der Waals surface area contributed by atoms with Crippen LogP contribution >= 0.6 is 0 Å². The van der Waals surface area contributed by atoms with Crippen LogP contribution in [-0.2, 0) is 9.59 Å². The standard InChI is InChI=1S/C26H30N2O6/c1-16(2)34-19-7-5-6-17(14-19)23-22(25(30)26(31)28(23)11-10-27(3)4)24(29)18-8-9-20-21(15-18)33-13-12-32-20/h5-9,14-16,23,29H,10-13H2,1-4H3/b24-22-. The highest BCUT2D eigenvalue weighted by atomic mass is 16.6. The minimum atomic E-state index is -0.746. The number of benzene rings is 2. The van der Waals surface area contributed by atoms with Gasteiger partial charge in [-0.1, -0.05) is 12.1 Å². The van der Waals surface area contributed by atoms with Crippen molar-refractivity contribution in [3.8, 4) is 17.2 Å². The molecule has 8 nitrogen and oxygen atoms in total. The van der Waals surface area contributed by atoms with E-state index < -0.39 is 17.7 Å². The van der Waals surface area contributed by atoms with Gasteiger partial charge in [0.05, 0.1) is 17.7 Å². The smallest absolute Gasteiger partial charge is 0.295 e. The second kappa shape index (κ2) is 9.77. The van der Waals surface area contributed by atoms with Gasteiger partial charge in [-0.2, -0.15) is 0 Å². The maximum absolute atomic E-state index is 13.2. The minimum absolute atomic E-state index is 0.0342. The molecule has 8 heteroatoms. The fraction of sp³-hybridized carbons (Fsp3) is 0.385. The number of hydrogen-bond acceptors (Lipinski definition) is 7. The minimum Gasteiger partial charge on any atom is -0.507 e. The zero-order valence-corrected chi connectivity index (χ0v) is 19.9. The molecule has 1 amide bonds. The van der Waals surface area contributed by atoms with Crippen molar-refractivity contribution in [1.29, 1.82) is 0 Å². The Morgan fingerprint density at radius 1 is 1.12 bits per heavy atom. The molecule has 1 N–H and O–H groups in total. The maximum atomic E-state index is 13.2. The van der Waals surface area contributed by atoms with Crippen molar-refractivity contribution in [3.63, 3.8) is 0 Å². The van der Waals surface area contributed by atoms with Crippen LogP contribution in [0.5, 0.6) is 17.2 Å². The number of likely N-dealkylation sites (N-methyl/N-ethyl adjacent to an activating group) is 1. The van der Waals surface area contributed by atoms with Crippen molar-refractivity contribution in [2.24, 2.45) is 0 Å². The Morgan fingerprint density at radius 2 is 1.85 bits per heavy atom. The molecular weight excluding hydrogens is 436 g/mol. The summed E-state index contributed by atoms with van der Waals surface area (Å²) in [5.74, 6) is 0.0886. The Labute approximate surface area is 199 Å². The number of ketones is 1. The number of Topliss-reactive ketones (excluding diaryl/α,β-unsaturated/α-hetero) is 1. The van der Waals surface area contributed by atoms with Gasteiger partial charge in [-0.05, 0) is 63.8 Å². The van der Waals surface area contributed by atoms with Crippen LogP contribution in [0.4, 0.5) is 0 Å². The van der Waals surface area contributed by atoms with Crippen LogP contribution < -0.4 is 14.2 Å². The summed E-state index contributed by atoms with van der Waals surface area (Å²) in [7, 11) is 3.80. The molecule has 180 valence electrons. The highest BCUT2D eigenvalue weighted by Crippen LogP contribution is 2.41. The van der Waals surface area contributed by atoms with Crippen LogP contribution in [0.15, 0.2) is 48.0 Å². The summed E-state index contributed by atoms with van der Waals surface area (Å²) in [5.41, 5.74) is 1.12. The number of fused-ring (bicyclic) bond motifs is 1. The van der Waals surface area contributed by atoms with Gasteiger partial charge < -0.3 is 29.1 Å². The van der Waals surface area contributed by atoms with E-state index in [1.807, 2.05) is 57.1 Å². The number of ether oxygens (including phenoxy) is 3. The van der Waals surface area contributed by atoms with E-state index in [1.165, 1.54) is 4.90 Å². The van der Waals surface area contributed by atoms with Gasteiger partial charge in [0, 0.05) is 18.7 Å². The molecule has 2 heterocycles. The van der Waals surface area contributed by atoms with E-state index in [4.69, 9.17) is 14.2 Å². The first-order valence-electron chi connectivity index (χ1n) is 11.4. The topological polar surface area (TPSA) is 88.5 Å². The van der Waals surface area contributed by atoms with Crippen LogP contribution in [0.25, 0.3) is 5.76 Å². The van der Waals surface area contributed by atoms with Gasteiger partial charge in [0.2, 0.25) is 0 Å². The molecular formula is C26H30N2O6. The molecule has 0 bridgehead atoms. The molecule has 0 radical (unpaired) electrons. The summed E-state index contributed by atoms with van der Waals surface area (Å²) in [6.07, 6.45) is -0.0342. The maximum Gasteiger partial charge on any atom is 0.295 e. The van der Waals surface area contributed by atoms with Gasteiger partial charge in [0.1, 0.15) is 24.7 Å². The van der Waals surface area contributed by atoms with Crippen molar-refractivity contribution in [2.45, 2.75) is 26.0 Å². The lowest BCUT2D eigenvalue weighted by Crippen LogP contribution is -2.35. The van der Waals surface area contributed by atoms with Crippen molar-refractivity contribution in [1.82, 2.24) is 9.80 Å². The Balaban J connectivity index is 1.82. The molecule has 1 fully saturated rings. The first-order valence-corrected chi connectivity index (χ1v) is 11.4. The lowest BCUT2D eigenvalue weighted by Gasteiger charge is -2.27. The van der Waals surface area contributed by atoms with Crippen molar-refractivity contribution >= 4 is 17.4 Å². The van der Waals surface area contributed by atoms with Gasteiger partial charge in [-0.25, -0.2) is 0 Å². The number of likely N-dealkylation sites (tertiary alicyclic amines) is 1. The monoisotopic (exact) mass is 466 g/mol. The van der Waals surface area contributed by atoms with E-state index in [0.717, 1.165) is 0 Å². The molecule has 0 spiro atoms. The fourth-order valence-corrected chi connectivity index (χ4v) is 4.14. The van der Waals surface area contributed by atoms with Crippen LogP contribution in [-0.4, -0.2) is 73.1 Å². The van der Waals surface area contributed by atoms with Gasteiger partial charge in [0.25, 0.3) is 11.7 Å². The molecule has 1 saturated heterocycles. The third kappa shape index (κ3) is 4.72. The molecule has 0 aliphatic carbocycles. The third-order valence-corrected chi connectivity index (χ3v) is 5.69. The van der Waals surface area contributed by atoms with Crippen molar-refractivity contribution < 1.29 is 28.9 Å². The summed E-state index contributed by atoms with van der Waals surface area (Å²) < 4.78 is 17.0. The lowest BCUT2D eigenvalue weighted by molar-refractivity contribution is -0.140. The summed E-state index contributed by atoms with van der Waals surface area (Å²) in [5, 5.41) is 11.3. The Bertz CT molecular complexity index is 1120. The van der Waals surface area contributed by atoms with Crippen LogP contribution in [0.1, 0.15) is 31.0 Å². The summed E-state index contributed by atoms with van der Waals surface area (Å²) in [6.45, 7) is 5.60. The summed E-state index contributed by atoms with van der Waals surface area (Å²) in [4.78, 5) is 29.7. The summed E-state index contributed by atoms with van der Waals surface area (Å²) in [6, 6.07) is 11.5. The third-order valence-electron chi connectivity index (χ3n) is 5.69. The molecule has 0 saturated carbocycles. The van der Waals surface area contributed by atoms with Crippen molar-refractivity contribution in [3.05, 3.63) is 59.2 Å². The molecule has 1 unspecified atom stereocenters. The average molecular weight is 467 g/mol. The number of aliphatic hydroxyl groups excluding tert-OH is 1. The number of amides is 1. The number of aliphatic hydroxyl groups is 1. The Morgan fingerprint density at radius 3 is 2.56 bits per heavy atom. The number of nitrogens with zero attached hydrogens (tertiary/aromatic N) is 2. The molecule has 2 aromatic carbocycles. The molecule has 2 aliphatic heterocycles.